The Morgan fingerprint density at radius 2 is 2.33 bits per heavy atom. The zero-order chi connectivity index (χ0) is 10.5. The fourth-order valence-electron chi connectivity index (χ4n) is 1.45. The highest BCUT2D eigenvalue weighted by molar-refractivity contribution is 5.92. The fourth-order valence-corrected chi connectivity index (χ4v) is 1.45. The molecule has 0 saturated heterocycles. The standard InChI is InChI=1S/C11H17N3O/c15-11(10-3-1-6-13-10)14-8-2-7-12-9-4-5-9/h1,3,6,9,12-13H,2,4-5,7-8H2,(H,14,15). The third-order valence-corrected chi connectivity index (χ3v) is 2.49. The number of carbonyl (C=O) groups excluding carboxylic acids is 1. The highest BCUT2D eigenvalue weighted by Crippen LogP contribution is 2.18. The molecule has 1 saturated carbocycles. The first-order valence-corrected chi connectivity index (χ1v) is 5.51. The molecule has 0 radical (unpaired) electrons. The van der Waals surface area contributed by atoms with Gasteiger partial charge in [-0.1, -0.05) is 0 Å². The van der Waals surface area contributed by atoms with E-state index in [1.165, 1.54) is 12.8 Å². The van der Waals surface area contributed by atoms with Crippen LogP contribution >= 0.6 is 0 Å². The van der Waals surface area contributed by atoms with E-state index in [2.05, 4.69) is 15.6 Å². The molecule has 1 amide bonds. The molecule has 2 rings (SSSR count). The summed E-state index contributed by atoms with van der Waals surface area (Å²) in [6.45, 7) is 1.73. The lowest BCUT2D eigenvalue weighted by molar-refractivity contribution is 0.0949. The molecule has 4 heteroatoms. The smallest absolute Gasteiger partial charge is 0.267 e. The molecule has 0 atom stereocenters. The minimum atomic E-state index is -0.0218. The van der Waals surface area contributed by atoms with Crippen LogP contribution in [0.4, 0.5) is 0 Å². The molecule has 1 heterocycles. The Labute approximate surface area is 89.5 Å². The Morgan fingerprint density at radius 3 is 3.00 bits per heavy atom. The first-order chi connectivity index (χ1) is 7.36. The Balaban J connectivity index is 1.55. The first kappa shape index (κ1) is 10.2. The maximum atomic E-state index is 11.5. The third-order valence-electron chi connectivity index (χ3n) is 2.49. The summed E-state index contributed by atoms with van der Waals surface area (Å²) in [7, 11) is 0. The SMILES string of the molecule is O=C(NCCCNC1CC1)c1ccc[nH]1. The highest BCUT2D eigenvalue weighted by atomic mass is 16.1. The van der Waals surface area contributed by atoms with Gasteiger partial charge in [-0.15, -0.1) is 0 Å². The van der Waals surface area contributed by atoms with Crippen LogP contribution in [0.3, 0.4) is 0 Å². The van der Waals surface area contributed by atoms with E-state index < -0.39 is 0 Å². The fraction of sp³-hybridized carbons (Fsp3) is 0.545. The summed E-state index contributed by atoms with van der Waals surface area (Å²) in [5.41, 5.74) is 0.630. The quantitative estimate of drug-likeness (QED) is 0.607. The van der Waals surface area contributed by atoms with E-state index >= 15 is 0 Å². The monoisotopic (exact) mass is 207 g/mol. The van der Waals surface area contributed by atoms with Crippen LogP contribution in [0.15, 0.2) is 18.3 Å². The number of aromatic amines is 1. The average molecular weight is 207 g/mol. The molecule has 0 spiro atoms. The van der Waals surface area contributed by atoms with Gasteiger partial charge in [0.1, 0.15) is 5.69 Å². The van der Waals surface area contributed by atoms with Crippen LogP contribution in [0.1, 0.15) is 29.8 Å². The number of carbonyl (C=O) groups is 1. The molecule has 15 heavy (non-hydrogen) atoms. The lowest BCUT2D eigenvalue weighted by Gasteiger charge is -2.04. The molecule has 1 aliphatic carbocycles. The molecule has 1 aliphatic rings. The van der Waals surface area contributed by atoms with Gasteiger partial charge in [0.15, 0.2) is 0 Å². The molecular weight excluding hydrogens is 190 g/mol. The summed E-state index contributed by atoms with van der Waals surface area (Å²) < 4.78 is 0. The van der Waals surface area contributed by atoms with Crippen LogP contribution in [-0.2, 0) is 0 Å². The molecule has 1 aromatic rings. The van der Waals surface area contributed by atoms with Gasteiger partial charge in [0.05, 0.1) is 0 Å². The molecular formula is C11H17N3O. The number of H-pyrrole nitrogens is 1. The lowest BCUT2D eigenvalue weighted by atomic mass is 10.3. The molecule has 0 aliphatic heterocycles. The lowest BCUT2D eigenvalue weighted by Crippen LogP contribution is -2.28. The van der Waals surface area contributed by atoms with Crippen LogP contribution in [0.25, 0.3) is 0 Å². The Morgan fingerprint density at radius 1 is 1.47 bits per heavy atom. The Hall–Kier alpha value is -1.29. The zero-order valence-electron chi connectivity index (χ0n) is 8.75. The summed E-state index contributed by atoms with van der Waals surface area (Å²) in [6.07, 6.45) is 5.37. The summed E-state index contributed by atoms with van der Waals surface area (Å²) in [6, 6.07) is 4.35. The van der Waals surface area contributed by atoms with Gasteiger partial charge in [0.2, 0.25) is 0 Å². The average Bonchev–Trinajstić information content (AvgIpc) is 2.90. The second-order valence-corrected chi connectivity index (χ2v) is 3.92. The summed E-state index contributed by atoms with van der Waals surface area (Å²) in [4.78, 5) is 14.3. The third kappa shape index (κ3) is 3.40. The minimum Gasteiger partial charge on any atom is -0.357 e. The number of amides is 1. The van der Waals surface area contributed by atoms with Crippen molar-refractivity contribution >= 4 is 5.91 Å². The second kappa shape index (κ2) is 4.98. The number of hydrogen-bond donors (Lipinski definition) is 3. The van der Waals surface area contributed by atoms with Crippen molar-refractivity contribution in [3.63, 3.8) is 0 Å². The van der Waals surface area contributed by atoms with E-state index in [9.17, 15) is 4.79 Å². The molecule has 1 fully saturated rings. The normalized spacial score (nSPS) is 15.2. The van der Waals surface area contributed by atoms with Crippen LogP contribution in [0.5, 0.6) is 0 Å². The van der Waals surface area contributed by atoms with E-state index in [1.54, 1.807) is 12.3 Å². The van der Waals surface area contributed by atoms with E-state index in [0.717, 1.165) is 25.6 Å². The van der Waals surface area contributed by atoms with Crippen molar-refractivity contribution in [3.05, 3.63) is 24.0 Å². The Bertz CT molecular complexity index is 304. The topological polar surface area (TPSA) is 56.9 Å². The minimum absolute atomic E-state index is 0.0218. The largest absolute Gasteiger partial charge is 0.357 e. The van der Waals surface area contributed by atoms with E-state index in [4.69, 9.17) is 0 Å². The number of aromatic nitrogens is 1. The highest BCUT2D eigenvalue weighted by Gasteiger charge is 2.19. The van der Waals surface area contributed by atoms with Gasteiger partial charge in [0, 0.05) is 18.8 Å². The summed E-state index contributed by atoms with van der Waals surface area (Å²) >= 11 is 0. The molecule has 1 aromatic heterocycles. The van der Waals surface area contributed by atoms with Gasteiger partial charge in [-0.25, -0.2) is 0 Å². The van der Waals surface area contributed by atoms with Gasteiger partial charge in [-0.2, -0.15) is 0 Å². The maximum absolute atomic E-state index is 11.5. The van der Waals surface area contributed by atoms with Gasteiger partial charge in [-0.05, 0) is 37.9 Å². The second-order valence-electron chi connectivity index (χ2n) is 3.92. The molecule has 3 N–H and O–H groups in total. The van der Waals surface area contributed by atoms with Crippen molar-refractivity contribution in [2.45, 2.75) is 25.3 Å². The van der Waals surface area contributed by atoms with E-state index in [-0.39, 0.29) is 5.91 Å². The summed E-state index contributed by atoms with van der Waals surface area (Å²) in [5, 5.41) is 6.27. The summed E-state index contributed by atoms with van der Waals surface area (Å²) in [5.74, 6) is -0.0218. The van der Waals surface area contributed by atoms with Crippen molar-refractivity contribution < 1.29 is 4.79 Å². The maximum Gasteiger partial charge on any atom is 0.267 e. The Kier molecular flexibility index (Phi) is 3.40. The molecule has 82 valence electrons. The molecule has 0 bridgehead atoms. The van der Waals surface area contributed by atoms with Crippen LogP contribution < -0.4 is 10.6 Å². The van der Waals surface area contributed by atoms with E-state index in [1.807, 2.05) is 6.07 Å². The predicted molar refractivity (Wildman–Crippen MR) is 58.8 cm³/mol. The number of rotatable bonds is 6. The number of nitrogens with one attached hydrogen (secondary N) is 3. The van der Waals surface area contributed by atoms with Gasteiger partial charge >= 0.3 is 0 Å². The van der Waals surface area contributed by atoms with Crippen LogP contribution in [-0.4, -0.2) is 30.0 Å². The van der Waals surface area contributed by atoms with Crippen molar-refractivity contribution in [1.29, 1.82) is 0 Å². The molecule has 4 nitrogen and oxygen atoms in total. The van der Waals surface area contributed by atoms with Crippen molar-refractivity contribution in [2.24, 2.45) is 0 Å². The van der Waals surface area contributed by atoms with Crippen LogP contribution in [0.2, 0.25) is 0 Å². The van der Waals surface area contributed by atoms with Gasteiger partial charge in [0.25, 0.3) is 5.91 Å². The number of hydrogen-bond acceptors (Lipinski definition) is 2. The molecule has 0 unspecified atom stereocenters. The van der Waals surface area contributed by atoms with Crippen molar-refractivity contribution in [2.75, 3.05) is 13.1 Å². The van der Waals surface area contributed by atoms with Crippen LogP contribution in [0, 0.1) is 0 Å². The zero-order valence-corrected chi connectivity index (χ0v) is 8.75. The van der Waals surface area contributed by atoms with Gasteiger partial charge < -0.3 is 15.6 Å². The molecule has 0 aromatic carbocycles. The first-order valence-electron chi connectivity index (χ1n) is 5.51. The van der Waals surface area contributed by atoms with Crippen molar-refractivity contribution in [3.8, 4) is 0 Å². The van der Waals surface area contributed by atoms with Gasteiger partial charge in [-0.3, -0.25) is 4.79 Å². The van der Waals surface area contributed by atoms with Crippen molar-refractivity contribution in [1.82, 2.24) is 15.6 Å². The van der Waals surface area contributed by atoms with E-state index in [0.29, 0.717) is 5.69 Å². The predicted octanol–water partition coefficient (Wildman–Crippen LogP) is 0.887.